The molecule has 16 heavy (non-hydrogen) atoms. The van der Waals surface area contributed by atoms with Crippen LogP contribution in [0.3, 0.4) is 0 Å². The lowest BCUT2D eigenvalue weighted by atomic mass is 10.1. The second-order valence-corrected chi connectivity index (χ2v) is 3.79. The average Bonchev–Trinajstić information content (AvgIpc) is 2.62. The molecule has 0 unspecified atom stereocenters. The van der Waals surface area contributed by atoms with Crippen LogP contribution >= 0.6 is 0 Å². The summed E-state index contributed by atoms with van der Waals surface area (Å²) in [6.07, 6.45) is 3.33. The van der Waals surface area contributed by atoms with Crippen molar-refractivity contribution in [2.75, 3.05) is 18.0 Å². The number of piperidine rings is 1. The number of aldehydes is 1. The van der Waals surface area contributed by atoms with Gasteiger partial charge in [0.1, 0.15) is 17.9 Å². The lowest BCUT2D eigenvalue weighted by Crippen LogP contribution is -2.34. The summed E-state index contributed by atoms with van der Waals surface area (Å²) in [5, 5.41) is 0. The minimum Gasteiger partial charge on any atom is -0.356 e. The van der Waals surface area contributed by atoms with Gasteiger partial charge in [0.15, 0.2) is 0 Å². The van der Waals surface area contributed by atoms with Gasteiger partial charge in [0.2, 0.25) is 0 Å². The first-order chi connectivity index (χ1) is 7.70. The number of nitrogens with zero attached hydrogens (tertiary/aromatic N) is 2. The van der Waals surface area contributed by atoms with Crippen LogP contribution in [0.4, 0.5) is 5.82 Å². The molecule has 1 aromatic rings. The number of hydrogen-bond acceptors (Lipinski definition) is 4. The van der Waals surface area contributed by atoms with Crippen LogP contribution in [-0.2, 0) is 16.1 Å². The number of aromatic nitrogens is 2. The molecule has 0 amide bonds. The van der Waals surface area contributed by atoms with Crippen molar-refractivity contribution in [3.63, 3.8) is 0 Å². The third kappa shape index (κ3) is 2.05. The van der Waals surface area contributed by atoms with Gasteiger partial charge in [-0.25, -0.2) is 4.79 Å². The SMILES string of the molecule is O=CCn1cc(N2CCC(=O)CC2)[nH]c1=O. The largest absolute Gasteiger partial charge is 0.356 e. The van der Waals surface area contributed by atoms with Crippen molar-refractivity contribution in [1.29, 1.82) is 0 Å². The van der Waals surface area contributed by atoms with Gasteiger partial charge in [0.25, 0.3) is 0 Å². The van der Waals surface area contributed by atoms with Gasteiger partial charge >= 0.3 is 5.69 Å². The van der Waals surface area contributed by atoms with Crippen LogP contribution in [0.2, 0.25) is 0 Å². The maximum absolute atomic E-state index is 11.4. The fraction of sp³-hybridized carbons (Fsp3) is 0.500. The number of ketones is 1. The second-order valence-electron chi connectivity index (χ2n) is 3.79. The highest BCUT2D eigenvalue weighted by molar-refractivity contribution is 5.80. The van der Waals surface area contributed by atoms with E-state index >= 15 is 0 Å². The number of rotatable bonds is 3. The molecule has 86 valence electrons. The van der Waals surface area contributed by atoms with E-state index in [2.05, 4.69) is 4.98 Å². The van der Waals surface area contributed by atoms with E-state index in [-0.39, 0.29) is 18.0 Å². The number of aromatic amines is 1. The number of Topliss-reactive ketones (excluding diaryl/α,β-unsaturated/α-hetero) is 1. The Hall–Kier alpha value is -1.85. The maximum Gasteiger partial charge on any atom is 0.327 e. The van der Waals surface area contributed by atoms with Gasteiger partial charge in [-0.2, -0.15) is 0 Å². The fourth-order valence-electron chi connectivity index (χ4n) is 1.79. The molecule has 0 radical (unpaired) electrons. The van der Waals surface area contributed by atoms with E-state index in [1.54, 1.807) is 6.20 Å². The Labute approximate surface area is 91.9 Å². The van der Waals surface area contributed by atoms with Crippen LogP contribution < -0.4 is 10.6 Å². The molecule has 0 aliphatic carbocycles. The van der Waals surface area contributed by atoms with Crippen LogP contribution in [0, 0.1) is 0 Å². The first-order valence-electron chi connectivity index (χ1n) is 5.20. The van der Waals surface area contributed by atoms with Crippen LogP contribution in [0.25, 0.3) is 0 Å². The summed E-state index contributed by atoms with van der Waals surface area (Å²) in [4.78, 5) is 37.4. The van der Waals surface area contributed by atoms with Crippen molar-refractivity contribution in [1.82, 2.24) is 9.55 Å². The quantitative estimate of drug-likeness (QED) is 0.704. The molecule has 1 aromatic heterocycles. The van der Waals surface area contributed by atoms with Crippen LogP contribution in [0.5, 0.6) is 0 Å². The topological polar surface area (TPSA) is 75.2 Å². The van der Waals surface area contributed by atoms with E-state index in [0.717, 1.165) is 0 Å². The zero-order valence-corrected chi connectivity index (χ0v) is 8.81. The molecule has 2 heterocycles. The third-order valence-corrected chi connectivity index (χ3v) is 2.71. The number of hydrogen-bond donors (Lipinski definition) is 1. The molecule has 0 atom stereocenters. The smallest absolute Gasteiger partial charge is 0.327 e. The number of carbonyl (C=O) groups is 2. The first-order valence-corrected chi connectivity index (χ1v) is 5.20. The van der Waals surface area contributed by atoms with Crippen LogP contribution in [-0.4, -0.2) is 34.7 Å². The van der Waals surface area contributed by atoms with Gasteiger partial charge < -0.3 is 9.69 Å². The molecule has 0 bridgehead atoms. The van der Waals surface area contributed by atoms with E-state index < -0.39 is 0 Å². The molecule has 1 aliphatic rings. The van der Waals surface area contributed by atoms with Crippen molar-refractivity contribution in [3.8, 4) is 0 Å². The van der Waals surface area contributed by atoms with Crippen molar-refractivity contribution < 1.29 is 9.59 Å². The zero-order chi connectivity index (χ0) is 11.5. The Bertz CT molecular complexity index is 450. The van der Waals surface area contributed by atoms with E-state index in [4.69, 9.17) is 0 Å². The fourth-order valence-corrected chi connectivity index (χ4v) is 1.79. The van der Waals surface area contributed by atoms with Gasteiger partial charge in [-0.1, -0.05) is 0 Å². The molecule has 1 N–H and O–H groups in total. The number of nitrogens with one attached hydrogen (secondary N) is 1. The minimum atomic E-state index is -0.293. The van der Waals surface area contributed by atoms with E-state index in [1.807, 2.05) is 4.90 Å². The summed E-state index contributed by atoms with van der Waals surface area (Å²) >= 11 is 0. The number of imidazole rings is 1. The highest BCUT2D eigenvalue weighted by Gasteiger charge is 2.18. The molecule has 6 heteroatoms. The molecular weight excluding hydrogens is 210 g/mol. The molecule has 2 rings (SSSR count). The second kappa shape index (κ2) is 4.34. The van der Waals surface area contributed by atoms with Crippen LogP contribution in [0.15, 0.2) is 11.0 Å². The summed E-state index contributed by atoms with van der Waals surface area (Å²) in [6, 6.07) is 0. The lowest BCUT2D eigenvalue weighted by molar-refractivity contribution is -0.119. The molecule has 0 saturated carbocycles. The lowest BCUT2D eigenvalue weighted by Gasteiger charge is -2.25. The van der Waals surface area contributed by atoms with Crippen molar-refractivity contribution >= 4 is 17.9 Å². The molecule has 0 spiro atoms. The Morgan fingerprint density at radius 1 is 1.31 bits per heavy atom. The normalized spacial score (nSPS) is 16.5. The van der Waals surface area contributed by atoms with Crippen molar-refractivity contribution in [3.05, 3.63) is 16.7 Å². The first kappa shape index (κ1) is 10.7. The predicted octanol–water partition coefficient (Wildman–Crippen LogP) is -0.455. The molecule has 1 saturated heterocycles. The Balaban J connectivity index is 2.15. The maximum atomic E-state index is 11.4. The number of carbonyl (C=O) groups excluding carboxylic acids is 2. The highest BCUT2D eigenvalue weighted by atomic mass is 16.1. The van der Waals surface area contributed by atoms with Gasteiger partial charge in [0.05, 0.1) is 6.54 Å². The summed E-state index contributed by atoms with van der Waals surface area (Å²) in [5.74, 6) is 0.935. The molecule has 0 aromatic carbocycles. The molecular formula is C10H13N3O3. The summed E-state index contributed by atoms with van der Waals surface area (Å²) in [7, 11) is 0. The average molecular weight is 223 g/mol. The van der Waals surface area contributed by atoms with Crippen molar-refractivity contribution in [2.45, 2.75) is 19.4 Å². The highest BCUT2D eigenvalue weighted by Crippen LogP contribution is 2.14. The number of anilines is 1. The number of H-pyrrole nitrogens is 1. The molecule has 1 fully saturated rings. The zero-order valence-electron chi connectivity index (χ0n) is 8.81. The van der Waals surface area contributed by atoms with Gasteiger partial charge in [-0.3, -0.25) is 14.3 Å². The Morgan fingerprint density at radius 3 is 2.62 bits per heavy atom. The van der Waals surface area contributed by atoms with Gasteiger partial charge in [-0.05, 0) is 0 Å². The van der Waals surface area contributed by atoms with Gasteiger partial charge in [0, 0.05) is 32.1 Å². The molecule has 6 nitrogen and oxygen atoms in total. The third-order valence-electron chi connectivity index (χ3n) is 2.71. The Kier molecular flexibility index (Phi) is 2.89. The molecule has 1 aliphatic heterocycles. The minimum absolute atomic E-state index is 0.0576. The van der Waals surface area contributed by atoms with E-state index in [1.165, 1.54) is 4.57 Å². The van der Waals surface area contributed by atoms with E-state index in [9.17, 15) is 14.4 Å². The Morgan fingerprint density at radius 2 is 2.00 bits per heavy atom. The summed E-state index contributed by atoms with van der Waals surface area (Å²) < 4.78 is 1.32. The summed E-state index contributed by atoms with van der Waals surface area (Å²) in [6.45, 7) is 1.31. The van der Waals surface area contributed by atoms with Crippen LogP contribution in [0.1, 0.15) is 12.8 Å². The van der Waals surface area contributed by atoms with Gasteiger partial charge in [-0.15, -0.1) is 0 Å². The summed E-state index contributed by atoms with van der Waals surface area (Å²) in [5.41, 5.74) is -0.293. The van der Waals surface area contributed by atoms with Crippen molar-refractivity contribution in [2.24, 2.45) is 0 Å². The predicted molar refractivity (Wildman–Crippen MR) is 57.6 cm³/mol. The standard InChI is InChI=1S/C10H13N3O3/c14-6-5-13-7-9(11-10(13)16)12-3-1-8(15)2-4-12/h6-7H,1-5H2,(H,11,16). The van der Waals surface area contributed by atoms with E-state index in [0.29, 0.717) is 38.0 Å². The monoisotopic (exact) mass is 223 g/mol.